The van der Waals surface area contributed by atoms with E-state index in [-0.39, 0.29) is 23.3 Å². The summed E-state index contributed by atoms with van der Waals surface area (Å²) < 4.78 is 27.0. The van der Waals surface area contributed by atoms with Gasteiger partial charge in [0.1, 0.15) is 11.6 Å². The van der Waals surface area contributed by atoms with Gasteiger partial charge in [-0.3, -0.25) is 14.4 Å². The molecule has 0 aliphatic carbocycles. The van der Waals surface area contributed by atoms with E-state index in [0.29, 0.717) is 58.2 Å². The first kappa shape index (κ1) is 23.1. The Morgan fingerprint density at radius 3 is 2.24 bits per heavy atom. The Balaban J connectivity index is 1.25. The third-order valence-corrected chi connectivity index (χ3v) is 6.97. The van der Waals surface area contributed by atoms with Crippen molar-refractivity contribution in [3.8, 4) is 0 Å². The minimum Gasteiger partial charge on any atom is -0.339 e. The van der Waals surface area contributed by atoms with Gasteiger partial charge in [-0.25, -0.2) is 8.78 Å². The molecule has 0 N–H and O–H groups in total. The maximum Gasteiger partial charge on any atom is 0.256 e. The summed E-state index contributed by atoms with van der Waals surface area (Å²) in [6.07, 6.45) is 4.36. The molecule has 4 rings (SSSR count). The maximum atomic E-state index is 13.9. The highest BCUT2D eigenvalue weighted by atomic mass is 32.1. The second kappa shape index (κ2) is 10.2. The molecule has 0 unspecified atom stereocenters. The van der Waals surface area contributed by atoms with E-state index in [1.54, 1.807) is 33.3 Å². The van der Waals surface area contributed by atoms with E-state index < -0.39 is 17.5 Å². The summed E-state index contributed by atoms with van der Waals surface area (Å²) in [7, 11) is 0. The lowest BCUT2D eigenvalue weighted by atomic mass is 9.94. The SMILES string of the molecule is O=C(/C=C/c1cccs1)N1CCN(C(=O)C2CCN(C(=O)c3ccc(F)cc3F)CC2)CC1. The molecule has 0 bridgehead atoms. The second-order valence-corrected chi connectivity index (χ2v) is 9.17. The van der Waals surface area contributed by atoms with E-state index in [9.17, 15) is 23.2 Å². The van der Waals surface area contributed by atoms with E-state index in [1.807, 2.05) is 17.5 Å². The van der Waals surface area contributed by atoms with Crippen LogP contribution in [-0.4, -0.2) is 71.7 Å². The number of thiophene rings is 1. The third-order valence-electron chi connectivity index (χ3n) is 6.13. The number of piperidine rings is 1. The van der Waals surface area contributed by atoms with Gasteiger partial charge in [-0.05, 0) is 42.5 Å². The first-order valence-electron chi connectivity index (χ1n) is 11.0. The van der Waals surface area contributed by atoms with Gasteiger partial charge in [0.05, 0.1) is 5.56 Å². The van der Waals surface area contributed by atoms with Gasteiger partial charge in [0.2, 0.25) is 11.8 Å². The van der Waals surface area contributed by atoms with Gasteiger partial charge in [-0.1, -0.05) is 6.07 Å². The van der Waals surface area contributed by atoms with Gasteiger partial charge in [-0.15, -0.1) is 11.3 Å². The Morgan fingerprint density at radius 1 is 0.909 bits per heavy atom. The summed E-state index contributed by atoms with van der Waals surface area (Å²) in [5.41, 5.74) is -0.157. The molecular formula is C24H25F2N3O3S. The summed E-state index contributed by atoms with van der Waals surface area (Å²) in [4.78, 5) is 44.0. The number of halogens is 2. The molecule has 3 heterocycles. The van der Waals surface area contributed by atoms with Crippen LogP contribution in [0.5, 0.6) is 0 Å². The molecule has 2 fully saturated rings. The topological polar surface area (TPSA) is 60.9 Å². The van der Waals surface area contributed by atoms with Crippen LogP contribution in [0.1, 0.15) is 28.1 Å². The van der Waals surface area contributed by atoms with Gasteiger partial charge in [0.25, 0.3) is 5.91 Å². The van der Waals surface area contributed by atoms with Crippen LogP contribution in [0.25, 0.3) is 6.08 Å². The molecule has 6 nitrogen and oxygen atoms in total. The zero-order chi connectivity index (χ0) is 23.4. The van der Waals surface area contributed by atoms with Crippen LogP contribution in [0, 0.1) is 17.6 Å². The number of hydrogen-bond acceptors (Lipinski definition) is 4. The predicted octanol–water partition coefficient (Wildman–Crippen LogP) is 3.26. The summed E-state index contributed by atoms with van der Waals surface area (Å²) in [5.74, 6) is -2.31. The van der Waals surface area contributed by atoms with Crippen molar-refractivity contribution in [3.05, 3.63) is 63.9 Å². The zero-order valence-corrected chi connectivity index (χ0v) is 18.9. The fraction of sp³-hybridized carbons (Fsp3) is 0.375. The van der Waals surface area contributed by atoms with E-state index in [0.717, 1.165) is 17.0 Å². The zero-order valence-electron chi connectivity index (χ0n) is 18.1. The Labute approximate surface area is 195 Å². The van der Waals surface area contributed by atoms with Crippen LogP contribution >= 0.6 is 11.3 Å². The molecule has 0 atom stereocenters. The molecule has 1 aromatic heterocycles. The first-order valence-corrected chi connectivity index (χ1v) is 11.8. The molecule has 3 amide bonds. The number of rotatable bonds is 4. The monoisotopic (exact) mass is 473 g/mol. The van der Waals surface area contributed by atoms with Crippen molar-refractivity contribution < 1.29 is 23.2 Å². The molecule has 0 radical (unpaired) electrons. The standard InChI is InChI=1S/C24H25F2N3O3S/c25-18-3-5-20(21(26)16-18)24(32)28-9-7-17(8-10-28)23(31)29-13-11-27(12-14-29)22(30)6-4-19-2-1-15-33-19/h1-6,15-17H,7-14H2/b6-4+. The highest BCUT2D eigenvalue weighted by molar-refractivity contribution is 7.10. The fourth-order valence-electron chi connectivity index (χ4n) is 4.21. The highest BCUT2D eigenvalue weighted by Gasteiger charge is 2.33. The minimum absolute atomic E-state index is 0.0382. The summed E-state index contributed by atoms with van der Waals surface area (Å²) in [6, 6.07) is 6.79. The highest BCUT2D eigenvalue weighted by Crippen LogP contribution is 2.23. The van der Waals surface area contributed by atoms with Gasteiger partial charge in [-0.2, -0.15) is 0 Å². The number of carbonyl (C=O) groups is 3. The van der Waals surface area contributed by atoms with Crippen LogP contribution in [0.3, 0.4) is 0 Å². The van der Waals surface area contributed by atoms with Crippen molar-refractivity contribution in [2.24, 2.45) is 5.92 Å². The Morgan fingerprint density at radius 2 is 1.61 bits per heavy atom. The van der Waals surface area contributed by atoms with Crippen molar-refractivity contribution in [1.82, 2.24) is 14.7 Å². The van der Waals surface area contributed by atoms with Crippen molar-refractivity contribution in [3.63, 3.8) is 0 Å². The van der Waals surface area contributed by atoms with E-state index in [4.69, 9.17) is 0 Å². The molecule has 1 aromatic carbocycles. The minimum atomic E-state index is -0.879. The van der Waals surface area contributed by atoms with E-state index in [2.05, 4.69) is 0 Å². The van der Waals surface area contributed by atoms with Gasteiger partial charge in [0.15, 0.2) is 0 Å². The van der Waals surface area contributed by atoms with Crippen molar-refractivity contribution in [2.45, 2.75) is 12.8 Å². The predicted molar refractivity (Wildman–Crippen MR) is 121 cm³/mol. The third kappa shape index (κ3) is 5.47. The van der Waals surface area contributed by atoms with Crippen molar-refractivity contribution in [2.75, 3.05) is 39.3 Å². The maximum absolute atomic E-state index is 13.9. The lowest BCUT2D eigenvalue weighted by Gasteiger charge is -2.38. The lowest BCUT2D eigenvalue weighted by molar-refractivity contribution is -0.141. The van der Waals surface area contributed by atoms with E-state index in [1.165, 1.54) is 4.90 Å². The van der Waals surface area contributed by atoms with Gasteiger partial charge < -0.3 is 14.7 Å². The summed E-state index contributed by atoms with van der Waals surface area (Å²) in [6.45, 7) is 2.63. The number of nitrogens with zero attached hydrogens (tertiary/aromatic N) is 3. The first-order chi connectivity index (χ1) is 15.9. The molecule has 2 aromatic rings. The molecule has 2 aliphatic rings. The molecule has 0 spiro atoms. The molecule has 33 heavy (non-hydrogen) atoms. The Bertz CT molecular complexity index is 1040. The number of benzene rings is 1. The van der Waals surface area contributed by atoms with E-state index >= 15 is 0 Å². The largest absolute Gasteiger partial charge is 0.339 e. The Hall–Kier alpha value is -3.07. The Kier molecular flexibility index (Phi) is 7.17. The number of piperazine rings is 1. The van der Waals surface area contributed by atoms with Gasteiger partial charge >= 0.3 is 0 Å². The van der Waals surface area contributed by atoms with Crippen molar-refractivity contribution in [1.29, 1.82) is 0 Å². The second-order valence-electron chi connectivity index (χ2n) is 8.19. The fourth-order valence-corrected chi connectivity index (χ4v) is 4.83. The summed E-state index contributed by atoms with van der Waals surface area (Å²) in [5, 5.41) is 1.95. The average Bonchev–Trinajstić information content (AvgIpc) is 3.36. The van der Waals surface area contributed by atoms with Crippen LogP contribution in [0.15, 0.2) is 41.8 Å². The lowest BCUT2D eigenvalue weighted by Crippen LogP contribution is -2.53. The quantitative estimate of drug-likeness (QED) is 0.641. The van der Waals surface area contributed by atoms with Crippen molar-refractivity contribution >= 4 is 35.1 Å². The average molecular weight is 474 g/mol. The molecule has 2 aliphatic heterocycles. The van der Waals surface area contributed by atoms with Gasteiger partial charge in [0, 0.05) is 62.2 Å². The van der Waals surface area contributed by atoms with Crippen LogP contribution < -0.4 is 0 Å². The van der Waals surface area contributed by atoms with Crippen LogP contribution in [0.2, 0.25) is 0 Å². The molecule has 2 saturated heterocycles. The number of hydrogen-bond donors (Lipinski definition) is 0. The normalized spacial score (nSPS) is 17.6. The number of amides is 3. The smallest absolute Gasteiger partial charge is 0.256 e. The van der Waals surface area contributed by atoms with Crippen LogP contribution in [0.4, 0.5) is 8.78 Å². The molecule has 0 saturated carbocycles. The number of carbonyl (C=O) groups excluding carboxylic acids is 3. The van der Waals surface area contributed by atoms with Crippen LogP contribution in [-0.2, 0) is 9.59 Å². The summed E-state index contributed by atoms with van der Waals surface area (Å²) >= 11 is 1.56. The molecular weight excluding hydrogens is 448 g/mol. The molecule has 174 valence electrons. The number of likely N-dealkylation sites (tertiary alicyclic amines) is 1. The molecule has 9 heteroatoms.